The summed E-state index contributed by atoms with van der Waals surface area (Å²) in [6.07, 6.45) is 4.02. The van der Waals surface area contributed by atoms with Gasteiger partial charge >= 0.3 is 0 Å². The summed E-state index contributed by atoms with van der Waals surface area (Å²) in [5.74, 6) is -2.30. The van der Waals surface area contributed by atoms with Crippen LogP contribution in [-0.4, -0.2) is 134 Å². The maximum absolute atomic E-state index is 14.6. The van der Waals surface area contributed by atoms with E-state index >= 15 is 0 Å². The van der Waals surface area contributed by atoms with Crippen molar-refractivity contribution >= 4 is 40.9 Å². The van der Waals surface area contributed by atoms with Crippen LogP contribution in [0.2, 0.25) is 0 Å². The molecule has 2 aromatic rings. The largest absolute Gasteiger partial charge is 0.379 e. The van der Waals surface area contributed by atoms with Gasteiger partial charge in [-0.2, -0.15) is 0 Å². The first-order valence-corrected chi connectivity index (χ1v) is 23.9. The van der Waals surface area contributed by atoms with Crippen LogP contribution in [0, 0.1) is 29.6 Å². The lowest BCUT2D eigenvalue weighted by Crippen LogP contribution is -2.61. The molecule has 1 saturated heterocycles. The van der Waals surface area contributed by atoms with Crippen LogP contribution >= 0.6 is 11.3 Å². The summed E-state index contributed by atoms with van der Waals surface area (Å²) in [6, 6.07) is 6.65. The number of ether oxygens (including phenoxy) is 2. The highest BCUT2D eigenvalue weighted by Gasteiger charge is 2.44. The predicted octanol–water partition coefficient (Wildman–Crippen LogP) is 5.72. The molecule has 10 unspecified atom stereocenters. The van der Waals surface area contributed by atoms with Gasteiger partial charge in [0.1, 0.15) is 17.1 Å². The third-order valence-corrected chi connectivity index (χ3v) is 14.2. The fourth-order valence-electron chi connectivity index (χ4n) is 9.21. The molecule has 5 amide bonds. The number of amides is 5. The van der Waals surface area contributed by atoms with E-state index in [1.807, 2.05) is 103 Å². The summed E-state index contributed by atoms with van der Waals surface area (Å²) in [5, 5.41) is 12.1. The minimum Gasteiger partial charge on any atom is -0.379 e. The van der Waals surface area contributed by atoms with Crippen LogP contribution in [0.5, 0.6) is 0 Å². The maximum Gasteiger partial charge on any atom is 0.245 e. The van der Waals surface area contributed by atoms with Crippen LogP contribution in [0.4, 0.5) is 0 Å². The van der Waals surface area contributed by atoms with Crippen molar-refractivity contribution in [2.75, 3.05) is 41.9 Å². The molecule has 1 aliphatic heterocycles. The van der Waals surface area contributed by atoms with Crippen LogP contribution in [0.15, 0.2) is 41.9 Å². The second-order valence-electron chi connectivity index (χ2n) is 18.2. The number of methoxy groups -OCH3 is 2. The lowest BCUT2D eigenvalue weighted by atomic mass is 9.89. The molecule has 2 heterocycles. The zero-order valence-electron chi connectivity index (χ0n) is 40.6. The van der Waals surface area contributed by atoms with Gasteiger partial charge in [0.15, 0.2) is 0 Å². The first-order valence-electron chi connectivity index (χ1n) is 23.0. The number of likely N-dealkylation sites (tertiary alicyclic amines) is 1. The average molecular weight is 898 g/mol. The quantitative estimate of drug-likeness (QED) is 0.113. The molecular formula is C48H79N7O7S. The van der Waals surface area contributed by atoms with Crippen molar-refractivity contribution in [3.63, 3.8) is 0 Å². The van der Waals surface area contributed by atoms with Crippen LogP contribution in [0.1, 0.15) is 111 Å². The van der Waals surface area contributed by atoms with Gasteiger partial charge in [-0.1, -0.05) is 105 Å². The number of carbonyl (C=O) groups is 5. The summed E-state index contributed by atoms with van der Waals surface area (Å²) in [6.45, 7) is 18.0. The summed E-state index contributed by atoms with van der Waals surface area (Å²) < 4.78 is 12.2. The number of rotatable bonds is 25. The van der Waals surface area contributed by atoms with Gasteiger partial charge in [-0.05, 0) is 55.5 Å². The molecule has 0 radical (unpaired) electrons. The van der Waals surface area contributed by atoms with E-state index in [-0.39, 0.29) is 65.8 Å². The minimum atomic E-state index is -0.900. The van der Waals surface area contributed by atoms with Gasteiger partial charge in [0.05, 0.1) is 48.7 Å². The van der Waals surface area contributed by atoms with Crippen molar-refractivity contribution in [2.24, 2.45) is 29.6 Å². The molecule has 0 bridgehead atoms. The Morgan fingerprint density at radius 1 is 0.841 bits per heavy atom. The smallest absolute Gasteiger partial charge is 0.245 e. The number of hydrogen-bond donors (Lipinski definition) is 3. The molecule has 0 spiro atoms. The summed E-state index contributed by atoms with van der Waals surface area (Å²) in [4.78, 5) is 80.3. The van der Waals surface area contributed by atoms with Gasteiger partial charge in [0, 0.05) is 46.4 Å². The standard InChI is InChI=1S/C48H79N7O7S/c1-15-31(7)40(49-10)48(60)53(11)41(30(5)6)45(58)52-39(29(3)4)47(59)54(12)42(32(8)16-2)37(61-13)28-38(56)55-25-20-23-36(55)43(62-14)33(9)44(57)51-35(46-50-24-26-63-46)27-34-21-18-17-19-22-34/h17-19,21-22,24,26,29-33,35-37,39-43,49H,15-16,20,23,25,27-28H2,1-14H3,(H,51,57)(H,52,58)/t31?,32?,33?,35?,36-,37?,39?,40?,41?,42?,43?/m0/s1. The van der Waals surface area contributed by atoms with Crippen LogP contribution in [-0.2, 0) is 39.9 Å². The van der Waals surface area contributed by atoms with E-state index in [0.29, 0.717) is 25.8 Å². The Hall–Kier alpha value is -3.92. The Morgan fingerprint density at radius 3 is 2.00 bits per heavy atom. The topological polar surface area (TPSA) is 163 Å². The Bertz CT molecular complexity index is 1730. The van der Waals surface area contributed by atoms with Crippen molar-refractivity contribution in [1.82, 2.24) is 35.6 Å². The van der Waals surface area contributed by atoms with E-state index in [4.69, 9.17) is 9.47 Å². The van der Waals surface area contributed by atoms with Gasteiger partial charge < -0.3 is 40.1 Å². The summed E-state index contributed by atoms with van der Waals surface area (Å²) in [7, 11) is 8.27. The predicted molar refractivity (Wildman–Crippen MR) is 250 cm³/mol. The highest BCUT2D eigenvalue weighted by molar-refractivity contribution is 7.09. The molecule has 1 aliphatic rings. The number of thiazole rings is 1. The van der Waals surface area contributed by atoms with Crippen molar-refractivity contribution in [3.8, 4) is 0 Å². The number of nitrogens with zero attached hydrogens (tertiary/aromatic N) is 4. The number of carbonyl (C=O) groups excluding carboxylic acids is 5. The Morgan fingerprint density at radius 2 is 1.48 bits per heavy atom. The molecule has 0 saturated carbocycles. The van der Waals surface area contributed by atoms with Gasteiger partial charge in [-0.3, -0.25) is 24.0 Å². The van der Waals surface area contributed by atoms with E-state index in [1.54, 1.807) is 46.5 Å². The van der Waals surface area contributed by atoms with E-state index < -0.39 is 48.2 Å². The molecule has 11 atom stereocenters. The average Bonchev–Trinajstić information content (AvgIpc) is 3.99. The second-order valence-corrected chi connectivity index (χ2v) is 19.2. The van der Waals surface area contributed by atoms with Gasteiger partial charge in [0.2, 0.25) is 29.5 Å². The third kappa shape index (κ3) is 13.8. The van der Waals surface area contributed by atoms with E-state index in [9.17, 15) is 24.0 Å². The number of nitrogens with one attached hydrogen (secondary N) is 3. The Balaban J connectivity index is 1.81. The van der Waals surface area contributed by atoms with E-state index in [2.05, 4.69) is 20.9 Å². The van der Waals surface area contributed by atoms with E-state index in [1.165, 1.54) is 16.2 Å². The monoisotopic (exact) mass is 898 g/mol. The molecule has 354 valence electrons. The normalized spacial score (nSPS) is 19.0. The molecule has 1 aromatic carbocycles. The van der Waals surface area contributed by atoms with Gasteiger partial charge in [0.25, 0.3) is 0 Å². The molecule has 63 heavy (non-hydrogen) atoms. The zero-order valence-corrected chi connectivity index (χ0v) is 41.4. The highest BCUT2D eigenvalue weighted by atomic mass is 32.1. The first kappa shape index (κ1) is 53.4. The minimum absolute atomic E-state index is 0.00365. The first-order chi connectivity index (χ1) is 29.9. The Labute approximate surface area is 382 Å². The number of hydrogen-bond acceptors (Lipinski definition) is 10. The number of likely N-dealkylation sites (N-methyl/N-ethyl adjacent to an activating group) is 3. The summed E-state index contributed by atoms with van der Waals surface area (Å²) in [5.41, 5.74) is 1.08. The molecule has 1 aromatic heterocycles. The molecule has 3 N–H and O–H groups in total. The SMILES string of the molecule is CCC(C)C(NC)C(=O)N(C)C(C(=O)NC(C(=O)N(C)C(C(C)CC)C(CC(=O)N1CCC[C@H]1C(OC)C(C)C(=O)NC(Cc1ccccc1)c1nccs1)OC)C(C)C)C(C)C. The van der Waals surface area contributed by atoms with Crippen LogP contribution < -0.4 is 16.0 Å². The van der Waals surface area contributed by atoms with Crippen LogP contribution in [0.3, 0.4) is 0 Å². The van der Waals surface area contributed by atoms with Crippen molar-refractivity contribution < 1.29 is 33.4 Å². The Kier molecular flexibility index (Phi) is 21.7. The third-order valence-electron chi connectivity index (χ3n) is 13.3. The number of benzene rings is 1. The second kappa shape index (κ2) is 25.5. The van der Waals surface area contributed by atoms with E-state index in [0.717, 1.165) is 23.4 Å². The van der Waals surface area contributed by atoms with Crippen molar-refractivity contribution in [1.29, 1.82) is 0 Å². The van der Waals surface area contributed by atoms with Crippen molar-refractivity contribution in [2.45, 2.75) is 149 Å². The van der Waals surface area contributed by atoms with Crippen LogP contribution in [0.25, 0.3) is 0 Å². The molecule has 3 rings (SSSR count). The molecule has 0 aliphatic carbocycles. The van der Waals surface area contributed by atoms with Gasteiger partial charge in [-0.15, -0.1) is 11.3 Å². The fourth-order valence-corrected chi connectivity index (χ4v) is 9.90. The molecular weight excluding hydrogens is 819 g/mol. The zero-order chi connectivity index (χ0) is 47.1. The lowest BCUT2D eigenvalue weighted by Gasteiger charge is -2.41. The molecule has 15 heteroatoms. The summed E-state index contributed by atoms with van der Waals surface area (Å²) >= 11 is 1.50. The lowest BCUT2D eigenvalue weighted by molar-refractivity contribution is -0.149. The van der Waals surface area contributed by atoms with Crippen molar-refractivity contribution in [3.05, 3.63) is 52.5 Å². The van der Waals surface area contributed by atoms with Gasteiger partial charge in [-0.25, -0.2) is 4.98 Å². The molecule has 1 fully saturated rings. The maximum atomic E-state index is 14.6. The number of aromatic nitrogens is 1. The highest BCUT2D eigenvalue weighted by Crippen LogP contribution is 2.31. The molecule has 14 nitrogen and oxygen atoms in total. The fraction of sp³-hybridized carbons (Fsp3) is 0.708.